The maximum atomic E-state index is 12.0. The molecule has 2 aliphatic rings. The van der Waals surface area contributed by atoms with E-state index in [0.717, 1.165) is 67.1 Å². The van der Waals surface area contributed by atoms with E-state index in [4.69, 9.17) is 4.98 Å². The zero-order valence-electron chi connectivity index (χ0n) is 25.7. The van der Waals surface area contributed by atoms with E-state index < -0.39 is 0 Å². The van der Waals surface area contributed by atoms with E-state index in [1.807, 2.05) is 24.3 Å². The summed E-state index contributed by atoms with van der Waals surface area (Å²) in [5, 5.41) is 0. The van der Waals surface area contributed by atoms with E-state index in [-0.39, 0.29) is 5.78 Å². The van der Waals surface area contributed by atoms with Gasteiger partial charge in [0.2, 0.25) is 11.4 Å². The first-order valence-corrected chi connectivity index (χ1v) is 14.9. The van der Waals surface area contributed by atoms with Crippen molar-refractivity contribution in [2.45, 2.75) is 13.7 Å². The Balaban J connectivity index is 1.59. The quantitative estimate of drug-likeness (QED) is 0.129. The van der Waals surface area contributed by atoms with E-state index in [2.05, 4.69) is 134 Å². The molecule has 0 fully saturated rings. The SMILES string of the molecule is C[B]c1ccc(-c2c3nc(cc4ccc(c(-c5ccc(C(C)=O)cc5)c5[n+](C)c(cc6ccc2n6C)C=C5)n4C)C=C3)cc1. The summed E-state index contributed by atoms with van der Waals surface area (Å²) in [6.07, 6.45) is 8.58. The Labute approximate surface area is 258 Å². The molecule has 1 radical (unpaired) electrons. The third kappa shape index (κ3) is 4.63. The van der Waals surface area contributed by atoms with E-state index in [0.29, 0.717) is 5.56 Å². The van der Waals surface area contributed by atoms with Gasteiger partial charge in [-0.2, -0.15) is 4.57 Å². The van der Waals surface area contributed by atoms with Crippen molar-refractivity contribution in [1.82, 2.24) is 14.1 Å². The lowest BCUT2D eigenvalue weighted by molar-refractivity contribution is -0.671. The summed E-state index contributed by atoms with van der Waals surface area (Å²) in [5.41, 5.74) is 14.7. The molecule has 8 bridgehead atoms. The van der Waals surface area contributed by atoms with Gasteiger partial charge in [-0.3, -0.25) is 4.79 Å². The molecule has 0 atom stereocenters. The summed E-state index contributed by atoms with van der Waals surface area (Å²) >= 11 is 0. The number of fused-ring (bicyclic) bond motifs is 8. The van der Waals surface area contributed by atoms with Crippen LogP contribution >= 0.6 is 0 Å². The number of rotatable bonds is 4. The molecule has 0 N–H and O–H groups in total. The molecule has 5 aromatic rings. The maximum Gasteiger partial charge on any atom is 0.215 e. The number of hydrogen-bond donors (Lipinski definition) is 0. The number of aryl methyl sites for hydroxylation is 2. The van der Waals surface area contributed by atoms with Crippen LogP contribution in [0.15, 0.2) is 84.9 Å². The number of nitrogens with zero attached hydrogens (tertiary/aromatic N) is 4. The highest BCUT2D eigenvalue weighted by Crippen LogP contribution is 2.33. The lowest BCUT2D eigenvalue weighted by Gasteiger charge is -2.08. The van der Waals surface area contributed by atoms with E-state index in [9.17, 15) is 4.79 Å². The van der Waals surface area contributed by atoms with Gasteiger partial charge in [0.25, 0.3) is 0 Å². The minimum atomic E-state index is 0.0615. The van der Waals surface area contributed by atoms with Crippen LogP contribution in [0.1, 0.15) is 40.1 Å². The summed E-state index contributed by atoms with van der Waals surface area (Å²) in [5.74, 6) is 0.0615. The lowest BCUT2D eigenvalue weighted by atomic mass is 9.73. The van der Waals surface area contributed by atoms with Gasteiger partial charge < -0.3 is 9.13 Å². The predicted octanol–water partition coefficient (Wildman–Crippen LogP) is 7.02. The van der Waals surface area contributed by atoms with Crippen molar-refractivity contribution in [2.24, 2.45) is 21.1 Å². The Morgan fingerprint density at radius 1 is 0.727 bits per heavy atom. The molecular weight excluding hydrogens is 539 g/mol. The average Bonchev–Trinajstić information content (AvgIpc) is 3.81. The molecule has 3 aromatic heterocycles. The van der Waals surface area contributed by atoms with Gasteiger partial charge in [0.05, 0.1) is 28.0 Å². The van der Waals surface area contributed by atoms with E-state index >= 15 is 0 Å². The van der Waals surface area contributed by atoms with Crippen LogP contribution in [0.25, 0.3) is 68.6 Å². The molecule has 44 heavy (non-hydrogen) atoms. The monoisotopic (exact) mass is 572 g/mol. The first kappa shape index (κ1) is 27.6. The van der Waals surface area contributed by atoms with Crippen LogP contribution in [0.5, 0.6) is 0 Å². The Kier molecular flexibility index (Phi) is 6.77. The molecule has 2 aromatic carbocycles. The number of carbonyl (C=O) groups is 1. The third-order valence-corrected chi connectivity index (χ3v) is 8.87. The molecule has 5 heterocycles. The number of benzene rings is 2. The average molecular weight is 573 g/mol. The largest absolute Gasteiger partial charge is 0.344 e. The van der Waals surface area contributed by atoms with Crippen LogP contribution in [0.4, 0.5) is 0 Å². The fourth-order valence-electron chi connectivity index (χ4n) is 6.24. The Hall–Kier alpha value is -5.23. The molecule has 0 amide bonds. The summed E-state index contributed by atoms with van der Waals surface area (Å²) in [6, 6.07) is 29.7. The normalized spacial score (nSPS) is 12.1. The highest BCUT2D eigenvalue weighted by atomic mass is 16.1. The molecule has 7 rings (SSSR count). The number of Topliss-reactive ketones (excluding diaryl/α,β-unsaturated/α-hetero) is 1. The second kappa shape index (κ2) is 10.8. The highest BCUT2D eigenvalue weighted by molar-refractivity contribution is 6.51. The third-order valence-electron chi connectivity index (χ3n) is 8.87. The molecule has 213 valence electrons. The van der Waals surface area contributed by atoms with Gasteiger partial charge in [0.1, 0.15) is 14.3 Å². The van der Waals surface area contributed by atoms with Gasteiger partial charge in [0.15, 0.2) is 5.78 Å². The summed E-state index contributed by atoms with van der Waals surface area (Å²) < 4.78 is 6.72. The van der Waals surface area contributed by atoms with Gasteiger partial charge in [-0.05, 0) is 60.5 Å². The fraction of sp³-hybridized carbons (Fsp3) is 0.132. The highest BCUT2D eigenvalue weighted by Gasteiger charge is 2.22. The van der Waals surface area contributed by atoms with Crippen LogP contribution in [-0.2, 0) is 21.1 Å². The van der Waals surface area contributed by atoms with Crippen LogP contribution in [0.2, 0.25) is 6.82 Å². The topological polar surface area (TPSA) is 43.7 Å². The summed E-state index contributed by atoms with van der Waals surface area (Å²) in [6.45, 7) is 3.66. The molecule has 6 heteroatoms. The second-order valence-electron chi connectivity index (χ2n) is 11.4. The zero-order valence-corrected chi connectivity index (χ0v) is 25.7. The predicted molar refractivity (Wildman–Crippen MR) is 184 cm³/mol. The molecule has 2 aliphatic heterocycles. The fourth-order valence-corrected chi connectivity index (χ4v) is 6.24. The summed E-state index contributed by atoms with van der Waals surface area (Å²) in [7, 11) is 8.45. The zero-order chi connectivity index (χ0) is 30.5. The Bertz CT molecular complexity index is 2200. The first-order chi connectivity index (χ1) is 21.3. The second-order valence-corrected chi connectivity index (χ2v) is 11.4. The lowest BCUT2D eigenvalue weighted by Crippen LogP contribution is -2.32. The molecular formula is C38H33BN4O+. The summed E-state index contributed by atoms with van der Waals surface area (Å²) in [4.78, 5) is 17.2. The van der Waals surface area contributed by atoms with Gasteiger partial charge >= 0.3 is 0 Å². The van der Waals surface area contributed by atoms with Crippen molar-refractivity contribution in [3.05, 3.63) is 113 Å². The van der Waals surface area contributed by atoms with E-state index in [1.165, 1.54) is 5.46 Å². The van der Waals surface area contributed by atoms with Crippen molar-refractivity contribution in [2.75, 3.05) is 0 Å². The van der Waals surface area contributed by atoms with Crippen molar-refractivity contribution >= 4 is 64.9 Å². The van der Waals surface area contributed by atoms with Crippen LogP contribution in [0, 0.1) is 0 Å². The van der Waals surface area contributed by atoms with Crippen molar-refractivity contribution < 1.29 is 9.36 Å². The van der Waals surface area contributed by atoms with Gasteiger partial charge in [0, 0.05) is 54.5 Å². The standard InChI is InChI=1S/C38H33BN4O/c1-24(44)25-6-8-27(9-7-25)38-35-20-15-30(41(35)3)22-29-14-18-33(40-29)37(26-10-12-28(39-2)13-11-26)34-19-16-31(42(34)4)23-32-17-21-36(38)43(32)5/h6-23H,1-5H3/q+1. The molecule has 5 nitrogen and oxygen atoms in total. The smallest absolute Gasteiger partial charge is 0.215 e. The minimum absolute atomic E-state index is 0.0615. The van der Waals surface area contributed by atoms with E-state index in [1.54, 1.807) is 6.92 Å². The number of aromatic nitrogens is 4. The minimum Gasteiger partial charge on any atom is -0.344 e. The van der Waals surface area contributed by atoms with Gasteiger partial charge in [-0.15, -0.1) is 0 Å². The van der Waals surface area contributed by atoms with Gasteiger partial charge in [-0.25, -0.2) is 4.98 Å². The Morgan fingerprint density at radius 3 is 2.00 bits per heavy atom. The molecule has 0 saturated carbocycles. The van der Waals surface area contributed by atoms with Crippen LogP contribution < -0.4 is 10.0 Å². The molecule has 0 spiro atoms. The Morgan fingerprint density at radius 2 is 1.34 bits per heavy atom. The maximum absolute atomic E-state index is 12.0. The number of carbonyl (C=O) groups excluding carboxylic acids is 1. The van der Waals surface area contributed by atoms with Crippen molar-refractivity contribution in [3.8, 4) is 22.3 Å². The molecule has 0 saturated heterocycles. The van der Waals surface area contributed by atoms with Crippen LogP contribution in [-0.4, -0.2) is 27.2 Å². The number of hydrogen-bond acceptors (Lipinski definition) is 2. The van der Waals surface area contributed by atoms with Gasteiger partial charge in [-0.1, -0.05) is 60.8 Å². The van der Waals surface area contributed by atoms with Crippen LogP contribution in [0.3, 0.4) is 0 Å². The molecule has 0 aliphatic carbocycles. The van der Waals surface area contributed by atoms with Crippen molar-refractivity contribution in [1.29, 1.82) is 0 Å². The molecule has 0 unspecified atom stereocenters. The first-order valence-electron chi connectivity index (χ1n) is 14.9. The van der Waals surface area contributed by atoms with Crippen molar-refractivity contribution in [3.63, 3.8) is 0 Å². The number of ketones is 1.